The first-order chi connectivity index (χ1) is 9.28. The molecule has 2 rings (SSSR count). The van der Waals surface area contributed by atoms with Crippen molar-refractivity contribution in [2.45, 2.75) is 19.9 Å². The van der Waals surface area contributed by atoms with Gasteiger partial charge in [0, 0.05) is 12.2 Å². The van der Waals surface area contributed by atoms with Gasteiger partial charge >= 0.3 is 0 Å². The van der Waals surface area contributed by atoms with Crippen molar-refractivity contribution in [2.24, 2.45) is 0 Å². The van der Waals surface area contributed by atoms with E-state index in [1.807, 2.05) is 24.3 Å². The van der Waals surface area contributed by atoms with Crippen LogP contribution >= 0.6 is 0 Å². The van der Waals surface area contributed by atoms with Gasteiger partial charge in [0.2, 0.25) is 0 Å². The highest BCUT2D eigenvalue weighted by molar-refractivity contribution is 5.43. The first-order valence-electron chi connectivity index (χ1n) is 6.49. The van der Waals surface area contributed by atoms with Crippen molar-refractivity contribution in [1.29, 1.82) is 0 Å². The average molecular weight is 259 g/mol. The normalized spacial score (nSPS) is 10.2. The van der Waals surface area contributed by atoms with Gasteiger partial charge in [-0.2, -0.15) is 0 Å². The van der Waals surface area contributed by atoms with Crippen LogP contribution in [0.1, 0.15) is 18.9 Å². The molecule has 0 bridgehead atoms. The van der Waals surface area contributed by atoms with E-state index >= 15 is 0 Å². The first kappa shape index (κ1) is 13.4. The maximum absolute atomic E-state index is 12.8. The minimum Gasteiger partial charge on any atom is -0.494 e. The van der Waals surface area contributed by atoms with E-state index in [1.54, 1.807) is 12.1 Å². The molecular weight excluding hydrogens is 241 g/mol. The van der Waals surface area contributed by atoms with E-state index in [-0.39, 0.29) is 5.82 Å². The molecule has 0 aliphatic rings. The van der Waals surface area contributed by atoms with Gasteiger partial charge in [0.1, 0.15) is 11.6 Å². The lowest BCUT2D eigenvalue weighted by Gasteiger charge is -2.08. The Morgan fingerprint density at radius 3 is 2.32 bits per heavy atom. The SMILES string of the molecule is CCCOc1ccc(CNc2ccc(F)cc2)cc1. The molecule has 2 aromatic rings. The van der Waals surface area contributed by atoms with Gasteiger partial charge in [-0.25, -0.2) is 4.39 Å². The zero-order valence-electron chi connectivity index (χ0n) is 11.0. The highest BCUT2D eigenvalue weighted by Gasteiger charge is 1.97. The summed E-state index contributed by atoms with van der Waals surface area (Å²) < 4.78 is 18.3. The molecule has 0 radical (unpaired) electrons. The van der Waals surface area contributed by atoms with Crippen LogP contribution in [0.2, 0.25) is 0 Å². The Bertz CT molecular complexity index is 493. The summed E-state index contributed by atoms with van der Waals surface area (Å²) in [6.45, 7) is 3.54. The number of hydrogen-bond donors (Lipinski definition) is 1. The highest BCUT2D eigenvalue weighted by atomic mass is 19.1. The first-order valence-corrected chi connectivity index (χ1v) is 6.49. The molecule has 0 aromatic heterocycles. The van der Waals surface area contributed by atoms with Crippen LogP contribution in [0.25, 0.3) is 0 Å². The van der Waals surface area contributed by atoms with Crippen LogP contribution in [0.4, 0.5) is 10.1 Å². The number of nitrogens with one attached hydrogen (secondary N) is 1. The molecule has 19 heavy (non-hydrogen) atoms. The monoisotopic (exact) mass is 259 g/mol. The van der Waals surface area contributed by atoms with Crippen LogP contribution in [0.3, 0.4) is 0 Å². The Hall–Kier alpha value is -2.03. The van der Waals surface area contributed by atoms with Crippen LogP contribution in [0.15, 0.2) is 48.5 Å². The van der Waals surface area contributed by atoms with Gasteiger partial charge in [-0.3, -0.25) is 0 Å². The number of ether oxygens (including phenoxy) is 1. The van der Waals surface area contributed by atoms with E-state index in [9.17, 15) is 4.39 Å². The summed E-state index contributed by atoms with van der Waals surface area (Å²) >= 11 is 0. The minimum atomic E-state index is -0.219. The van der Waals surface area contributed by atoms with Gasteiger partial charge in [-0.15, -0.1) is 0 Å². The molecule has 1 N–H and O–H groups in total. The third-order valence-corrected chi connectivity index (χ3v) is 2.74. The van der Waals surface area contributed by atoms with Crippen molar-refractivity contribution < 1.29 is 9.13 Å². The fourth-order valence-corrected chi connectivity index (χ4v) is 1.70. The fourth-order valence-electron chi connectivity index (χ4n) is 1.70. The molecule has 2 nitrogen and oxygen atoms in total. The highest BCUT2D eigenvalue weighted by Crippen LogP contribution is 2.14. The second-order valence-corrected chi connectivity index (χ2v) is 4.35. The number of benzene rings is 2. The second kappa shape index (κ2) is 6.78. The molecule has 0 aliphatic heterocycles. The summed E-state index contributed by atoms with van der Waals surface area (Å²) in [7, 11) is 0. The topological polar surface area (TPSA) is 21.3 Å². The van der Waals surface area contributed by atoms with Crippen LogP contribution in [-0.4, -0.2) is 6.61 Å². The van der Waals surface area contributed by atoms with E-state index in [4.69, 9.17) is 4.74 Å². The lowest BCUT2D eigenvalue weighted by Crippen LogP contribution is -2.00. The summed E-state index contributed by atoms with van der Waals surface area (Å²) in [5.41, 5.74) is 2.07. The Kier molecular flexibility index (Phi) is 4.78. The van der Waals surface area contributed by atoms with E-state index in [1.165, 1.54) is 12.1 Å². The Labute approximate surface area is 113 Å². The summed E-state index contributed by atoms with van der Waals surface area (Å²) in [6, 6.07) is 14.4. The molecule has 0 spiro atoms. The van der Waals surface area contributed by atoms with E-state index in [0.29, 0.717) is 6.54 Å². The molecule has 2 aromatic carbocycles. The molecule has 0 aliphatic carbocycles. The predicted octanol–water partition coefficient (Wildman–Crippen LogP) is 4.23. The second-order valence-electron chi connectivity index (χ2n) is 4.35. The van der Waals surface area contributed by atoms with Crippen molar-refractivity contribution in [1.82, 2.24) is 0 Å². The molecule has 0 heterocycles. The van der Waals surface area contributed by atoms with Crippen LogP contribution in [0, 0.1) is 5.82 Å². The summed E-state index contributed by atoms with van der Waals surface area (Å²) in [5, 5.41) is 3.24. The van der Waals surface area contributed by atoms with Gasteiger partial charge in [-0.1, -0.05) is 19.1 Å². The molecule has 0 atom stereocenters. The van der Waals surface area contributed by atoms with Crippen LogP contribution in [0.5, 0.6) is 5.75 Å². The zero-order valence-corrected chi connectivity index (χ0v) is 11.0. The fraction of sp³-hybridized carbons (Fsp3) is 0.250. The van der Waals surface area contributed by atoms with Gasteiger partial charge in [0.25, 0.3) is 0 Å². The van der Waals surface area contributed by atoms with E-state index in [0.717, 1.165) is 30.0 Å². The van der Waals surface area contributed by atoms with Gasteiger partial charge < -0.3 is 10.1 Å². The lowest BCUT2D eigenvalue weighted by molar-refractivity contribution is 0.317. The standard InChI is InChI=1S/C16H18FNO/c1-2-11-19-16-9-3-13(4-10-16)12-18-15-7-5-14(17)6-8-15/h3-10,18H,2,11-12H2,1H3. The largest absolute Gasteiger partial charge is 0.494 e. The molecule has 0 fully saturated rings. The van der Waals surface area contributed by atoms with Gasteiger partial charge in [0.05, 0.1) is 6.61 Å². The van der Waals surface area contributed by atoms with Crippen LogP contribution < -0.4 is 10.1 Å². The number of rotatable bonds is 6. The van der Waals surface area contributed by atoms with Crippen molar-refractivity contribution in [3.63, 3.8) is 0 Å². The maximum Gasteiger partial charge on any atom is 0.123 e. The van der Waals surface area contributed by atoms with Crippen molar-refractivity contribution in [3.8, 4) is 5.75 Å². The Morgan fingerprint density at radius 1 is 1.00 bits per heavy atom. The molecule has 0 unspecified atom stereocenters. The van der Waals surface area contributed by atoms with Gasteiger partial charge in [0.15, 0.2) is 0 Å². The van der Waals surface area contributed by atoms with Crippen molar-refractivity contribution in [2.75, 3.05) is 11.9 Å². The number of anilines is 1. The summed E-state index contributed by atoms with van der Waals surface area (Å²) in [6.07, 6.45) is 1.01. The Morgan fingerprint density at radius 2 is 1.68 bits per heavy atom. The molecule has 0 saturated carbocycles. The molecule has 3 heteroatoms. The molecule has 0 saturated heterocycles. The van der Waals surface area contributed by atoms with E-state index < -0.39 is 0 Å². The maximum atomic E-state index is 12.8. The predicted molar refractivity (Wildman–Crippen MR) is 76.0 cm³/mol. The quantitative estimate of drug-likeness (QED) is 0.838. The summed E-state index contributed by atoms with van der Waals surface area (Å²) in [5.74, 6) is 0.676. The molecule has 0 amide bonds. The van der Waals surface area contributed by atoms with Crippen LogP contribution in [-0.2, 0) is 6.54 Å². The molecule has 100 valence electrons. The number of halogens is 1. The summed E-state index contributed by atoms with van der Waals surface area (Å²) in [4.78, 5) is 0. The Balaban J connectivity index is 1.87. The third kappa shape index (κ3) is 4.28. The average Bonchev–Trinajstić information content (AvgIpc) is 2.46. The van der Waals surface area contributed by atoms with Crippen molar-refractivity contribution >= 4 is 5.69 Å². The minimum absolute atomic E-state index is 0.219. The van der Waals surface area contributed by atoms with Crippen molar-refractivity contribution in [3.05, 3.63) is 59.9 Å². The van der Waals surface area contributed by atoms with E-state index in [2.05, 4.69) is 12.2 Å². The third-order valence-electron chi connectivity index (χ3n) is 2.74. The smallest absolute Gasteiger partial charge is 0.123 e. The van der Waals surface area contributed by atoms with Gasteiger partial charge in [-0.05, 0) is 48.4 Å². The lowest BCUT2D eigenvalue weighted by atomic mass is 10.2. The molecular formula is C16H18FNO. The zero-order chi connectivity index (χ0) is 13.5. The number of hydrogen-bond acceptors (Lipinski definition) is 2.